The van der Waals surface area contributed by atoms with E-state index in [1.807, 2.05) is 28.7 Å². The Morgan fingerprint density at radius 1 is 1.39 bits per heavy atom. The first-order chi connectivity index (χ1) is 8.69. The minimum Gasteiger partial charge on any atom is -0.314 e. The van der Waals surface area contributed by atoms with Crippen LogP contribution in [0.3, 0.4) is 0 Å². The molecule has 0 atom stereocenters. The van der Waals surface area contributed by atoms with Crippen molar-refractivity contribution in [3.05, 3.63) is 30.1 Å². The van der Waals surface area contributed by atoms with Crippen molar-refractivity contribution in [1.29, 1.82) is 0 Å². The highest BCUT2D eigenvalue weighted by Gasteiger charge is 2.07. The highest BCUT2D eigenvalue weighted by molar-refractivity contribution is 4.99. The van der Waals surface area contributed by atoms with Crippen molar-refractivity contribution in [2.45, 2.75) is 33.5 Å². The summed E-state index contributed by atoms with van der Waals surface area (Å²) in [6.45, 7) is 6.68. The van der Waals surface area contributed by atoms with E-state index in [4.69, 9.17) is 0 Å². The lowest BCUT2D eigenvalue weighted by molar-refractivity contribution is 0.456. The normalized spacial score (nSPS) is 11.3. The molecule has 0 unspecified atom stereocenters. The molecule has 6 heteroatoms. The summed E-state index contributed by atoms with van der Waals surface area (Å²) in [5.41, 5.74) is 1.03. The third-order valence-corrected chi connectivity index (χ3v) is 2.59. The molecule has 0 saturated carbocycles. The summed E-state index contributed by atoms with van der Waals surface area (Å²) in [5, 5.41) is 11.8. The van der Waals surface area contributed by atoms with Crippen LogP contribution in [0.15, 0.2) is 18.6 Å². The minimum absolute atomic E-state index is 0.558. The van der Waals surface area contributed by atoms with E-state index in [9.17, 15) is 0 Å². The van der Waals surface area contributed by atoms with E-state index in [2.05, 4.69) is 34.3 Å². The maximum Gasteiger partial charge on any atom is 0.148 e. The Morgan fingerprint density at radius 2 is 2.22 bits per heavy atom. The lowest BCUT2D eigenvalue weighted by atomic mass is 10.2. The first kappa shape index (κ1) is 12.8. The van der Waals surface area contributed by atoms with E-state index in [1.165, 1.54) is 0 Å². The Balaban J connectivity index is 2.06. The number of aromatic nitrogens is 5. The van der Waals surface area contributed by atoms with E-state index in [0.717, 1.165) is 24.6 Å². The van der Waals surface area contributed by atoms with Crippen LogP contribution in [0.5, 0.6) is 0 Å². The Morgan fingerprint density at radius 3 is 2.94 bits per heavy atom. The van der Waals surface area contributed by atoms with Crippen LogP contribution < -0.4 is 5.32 Å². The SMILES string of the molecule is CNCc1ccn(Cc2ncnn2CC(C)C)n1. The molecule has 0 amide bonds. The lowest BCUT2D eigenvalue weighted by Gasteiger charge is -2.08. The molecule has 0 aliphatic carbocycles. The van der Waals surface area contributed by atoms with Gasteiger partial charge in [-0.05, 0) is 19.0 Å². The van der Waals surface area contributed by atoms with Crippen LogP contribution in [0.4, 0.5) is 0 Å². The third-order valence-electron chi connectivity index (χ3n) is 2.59. The zero-order chi connectivity index (χ0) is 13.0. The Kier molecular flexibility index (Phi) is 4.09. The fourth-order valence-corrected chi connectivity index (χ4v) is 1.82. The quantitative estimate of drug-likeness (QED) is 0.825. The van der Waals surface area contributed by atoms with E-state index in [-0.39, 0.29) is 0 Å². The van der Waals surface area contributed by atoms with Gasteiger partial charge in [0, 0.05) is 19.3 Å². The van der Waals surface area contributed by atoms with Crippen LogP contribution in [-0.2, 0) is 19.6 Å². The monoisotopic (exact) mass is 248 g/mol. The number of nitrogens with zero attached hydrogens (tertiary/aromatic N) is 5. The van der Waals surface area contributed by atoms with Gasteiger partial charge in [0.1, 0.15) is 18.7 Å². The van der Waals surface area contributed by atoms with E-state index < -0.39 is 0 Å². The zero-order valence-corrected chi connectivity index (χ0v) is 11.2. The molecule has 6 nitrogen and oxygen atoms in total. The average molecular weight is 248 g/mol. The van der Waals surface area contributed by atoms with Crippen LogP contribution >= 0.6 is 0 Å². The molecule has 2 aromatic rings. The zero-order valence-electron chi connectivity index (χ0n) is 11.2. The second-order valence-corrected chi connectivity index (χ2v) is 4.79. The van der Waals surface area contributed by atoms with Crippen molar-refractivity contribution in [3.8, 4) is 0 Å². The van der Waals surface area contributed by atoms with E-state index >= 15 is 0 Å². The van der Waals surface area contributed by atoms with Crippen molar-refractivity contribution in [2.75, 3.05) is 7.05 Å². The maximum absolute atomic E-state index is 4.47. The second-order valence-electron chi connectivity index (χ2n) is 4.79. The van der Waals surface area contributed by atoms with Crippen molar-refractivity contribution in [1.82, 2.24) is 29.9 Å². The van der Waals surface area contributed by atoms with Crippen molar-refractivity contribution < 1.29 is 0 Å². The van der Waals surface area contributed by atoms with Gasteiger partial charge in [-0.25, -0.2) is 9.67 Å². The topological polar surface area (TPSA) is 60.6 Å². The number of rotatable bonds is 6. The Labute approximate surface area is 107 Å². The van der Waals surface area contributed by atoms with Gasteiger partial charge >= 0.3 is 0 Å². The van der Waals surface area contributed by atoms with E-state index in [0.29, 0.717) is 12.5 Å². The molecule has 0 radical (unpaired) electrons. The van der Waals surface area contributed by atoms with Crippen LogP contribution in [0.2, 0.25) is 0 Å². The van der Waals surface area contributed by atoms with Crippen LogP contribution in [0.25, 0.3) is 0 Å². The lowest BCUT2D eigenvalue weighted by Crippen LogP contribution is -2.14. The number of hydrogen-bond acceptors (Lipinski definition) is 4. The molecule has 1 N–H and O–H groups in total. The molecule has 2 heterocycles. The predicted octanol–water partition coefficient (Wildman–Crippen LogP) is 0.898. The van der Waals surface area contributed by atoms with Gasteiger partial charge in [0.2, 0.25) is 0 Å². The second kappa shape index (κ2) is 5.77. The molecule has 0 bridgehead atoms. The summed E-state index contributed by atoms with van der Waals surface area (Å²) in [5.74, 6) is 1.51. The molecule has 0 aromatic carbocycles. The van der Waals surface area contributed by atoms with Crippen molar-refractivity contribution in [3.63, 3.8) is 0 Å². The molecule has 0 aliphatic rings. The van der Waals surface area contributed by atoms with Crippen LogP contribution in [0, 0.1) is 5.92 Å². The van der Waals surface area contributed by atoms with E-state index in [1.54, 1.807) is 6.33 Å². The van der Waals surface area contributed by atoms with Crippen LogP contribution in [0.1, 0.15) is 25.4 Å². The molecule has 18 heavy (non-hydrogen) atoms. The maximum atomic E-state index is 4.47. The first-order valence-electron chi connectivity index (χ1n) is 6.22. The number of nitrogens with one attached hydrogen (secondary N) is 1. The molecule has 0 fully saturated rings. The first-order valence-corrected chi connectivity index (χ1v) is 6.22. The van der Waals surface area contributed by atoms with Gasteiger partial charge in [0.25, 0.3) is 0 Å². The van der Waals surface area contributed by atoms with Crippen molar-refractivity contribution >= 4 is 0 Å². The van der Waals surface area contributed by atoms with Gasteiger partial charge < -0.3 is 5.32 Å². The molecular weight excluding hydrogens is 228 g/mol. The summed E-state index contributed by atoms with van der Waals surface area (Å²) in [6, 6.07) is 2.01. The predicted molar refractivity (Wildman–Crippen MR) is 69.0 cm³/mol. The molecule has 2 rings (SSSR count). The molecule has 98 valence electrons. The Hall–Kier alpha value is -1.69. The smallest absolute Gasteiger partial charge is 0.148 e. The highest BCUT2D eigenvalue weighted by atomic mass is 15.4. The molecule has 0 aliphatic heterocycles. The van der Waals surface area contributed by atoms with Gasteiger partial charge in [-0.1, -0.05) is 13.8 Å². The summed E-state index contributed by atoms with van der Waals surface area (Å²) >= 11 is 0. The highest BCUT2D eigenvalue weighted by Crippen LogP contribution is 2.04. The summed E-state index contributed by atoms with van der Waals surface area (Å²) in [6.07, 6.45) is 3.58. The minimum atomic E-state index is 0.558. The molecule has 2 aromatic heterocycles. The summed E-state index contributed by atoms with van der Waals surface area (Å²) in [4.78, 5) is 4.30. The number of hydrogen-bond donors (Lipinski definition) is 1. The molecule has 0 saturated heterocycles. The standard InChI is InChI=1S/C12H20N6/c1-10(2)7-18-12(14-9-15-18)8-17-5-4-11(16-17)6-13-3/h4-5,9-10,13H,6-8H2,1-3H3. The fourth-order valence-electron chi connectivity index (χ4n) is 1.82. The Bertz CT molecular complexity index is 484. The van der Waals surface area contributed by atoms with Crippen LogP contribution in [-0.4, -0.2) is 31.6 Å². The van der Waals surface area contributed by atoms with Gasteiger partial charge in [-0.3, -0.25) is 4.68 Å². The van der Waals surface area contributed by atoms with Gasteiger partial charge in [-0.15, -0.1) is 0 Å². The van der Waals surface area contributed by atoms with Gasteiger partial charge in [0.05, 0.1) is 5.69 Å². The summed E-state index contributed by atoms with van der Waals surface area (Å²) in [7, 11) is 1.91. The average Bonchev–Trinajstić information content (AvgIpc) is 2.90. The van der Waals surface area contributed by atoms with Gasteiger partial charge in [-0.2, -0.15) is 10.2 Å². The molecule has 0 spiro atoms. The molecular formula is C12H20N6. The summed E-state index contributed by atoms with van der Waals surface area (Å²) < 4.78 is 3.84. The van der Waals surface area contributed by atoms with Gasteiger partial charge in [0.15, 0.2) is 0 Å². The largest absolute Gasteiger partial charge is 0.314 e. The fraction of sp³-hybridized carbons (Fsp3) is 0.583. The third kappa shape index (κ3) is 3.16. The van der Waals surface area contributed by atoms with Crippen molar-refractivity contribution in [2.24, 2.45) is 5.92 Å².